The number of carbonyl (C=O) groups is 1. The third-order valence-corrected chi connectivity index (χ3v) is 7.06. The molecule has 1 aliphatic rings. The molecule has 1 N–H and O–H groups in total. The van der Waals surface area contributed by atoms with Crippen LogP contribution in [0.5, 0.6) is 0 Å². The molecule has 134 valence electrons. The Labute approximate surface area is 143 Å². The lowest BCUT2D eigenvalue weighted by atomic mass is 10.2. The van der Waals surface area contributed by atoms with Crippen LogP contribution in [-0.2, 0) is 30.4 Å². The molecule has 0 unspecified atom stereocenters. The number of sulfone groups is 1. The third kappa shape index (κ3) is 5.29. The minimum Gasteiger partial charge on any atom is -0.353 e. The van der Waals surface area contributed by atoms with Gasteiger partial charge in [0.2, 0.25) is 15.9 Å². The number of amides is 1. The van der Waals surface area contributed by atoms with Crippen LogP contribution in [0.4, 0.5) is 0 Å². The van der Waals surface area contributed by atoms with E-state index in [0.29, 0.717) is 5.56 Å². The molecule has 7 nitrogen and oxygen atoms in total. The van der Waals surface area contributed by atoms with Crippen LogP contribution in [0.2, 0.25) is 0 Å². The van der Waals surface area contributed by atoms with Crippen molar-refractivity contribution >= 4 is 25.8 Å². The average molecular weight is 374 g/mol. The van der Waals surface area contributed by atoms with Crippen molar-refractivity contribution in [2.45, 2.75) is 36.0 Å². The Kier molecular flexibility index (Phi) is 5.67. The molecule has 0 spiro atoms. The summed E-state index contributed by atoms with van der Waals surface area (Å²) in [7, 11) is -4.28. The number of nitrogens with zero attached hydrogens (tertiary/aromatic N) is 1. The Hall–Kier alpha value is -1.45. The fraction of sp³-hybridized carbons (Fsp3) is 0.533. The van der Waals surface area contributed by atoms with Crippen molar-refractivity contribution in [1.29, 1.82) is 0 Å². The van der Waals surface area contributed by atoms with Gasteiger partial charge in [-0.15, -0.1) is 0 Å². The van der Waals surface area contributed by atoms with Gasteiger partial charge in [0.15, 0.2) is 9.84 Å². The first-order valence-electron chi connectivity index (χ1n) is 7.61. The summed E-state index contributed by atoms with van der Waals surface area (Å²) in [5.74, 6) is -0.804. The minimum absolute atomic E-state index is 0.0478. The molecule has 0 aromatic heterocycles. The van der Waals surface area contributed by atoms with E-state index in [4.69, 9.17) is 0 Å². The summed E-state index contributed by atoms with van der Waals surface area (Å²) in [6.45, 7) is 0. The van der Waals surface area contributed by atoms with E-state index in [1.807, 2.05) is 0 Å². The zero-order chi connectivity index (χ0) is 18.0. The second kappa shape index (κ2) is 7.20. The molecule has 0 atom stereocenters. The Morgan fingerprint density at radius 1 is 1.21 bits per heavy atom. The van der Waals surface area contributed by atoms with Gasteiger partial charge < -0.3 is 5.32 Å². The van der Waals surface area contributed by atoms with E-state index in [1.165, 1.54) is 32.3 Å². The van der Waals surface area contributed by atoms with Crippen molar-refractivity contribution < 1.29 is 21.6 Å². The van der Waals surface area contributed by atoms with Crippen molar-refractivity contribution in [2.24, 2.45) is 0 Å². The van der Waals surface area contributed by atoms with E-state index in [-0.39, 0.29) is 34.8 Å². The lowest BCUT2D eigenvalue weighted by Crippen LogP contribution is -2.27. The van der Waals surface area contributed by atoms with Gasteiger partial charge in [0, 0.05) is 26.6 Å². The average Bonchev–Trinajstić information content (AvgIpc) is 3.29. The summed E-state index contributed by atoms with van der Waals surface area (Å²) in [6.07, 6.45) is 1.83. The van der Waals surface area contributed by atoms with Gasteiger partial charge in [0.1, 0.15) is 0 Å². The van der Waals surface area contributed by atoms with Crippen molar-refractivity contribution in [3.05, 3.63) is 29.8 Å². The monoisotopic (exact) mass is 374 g/mol. The highest BCUT2D eigenvalue weighted by Crippen LogP contribution is 2.19. The number of hydrogen-bond donors (Lipinski definition) is 1. The van der Waals surface area contributed by atoms with Gasteiger partial charge in [-0.05, 0) is 30.5 Å². The fourth-order valence-corrected chi connectivity index (χ4v) is 4.41. The summed E-state index contributed by atoms with van der Waals surface area (Å²) in [5.41, 5.74) is 0.389. The van der Waals surface area contributed by atoms with Crippen LogP contribution in [0.3, 0.4) is 0 Å². The van der Waals surface area contributed by atoms with Crippen molar-refractivity contribution in [2.75, 3.05) is 19.8 Å². The first kappa shape index (κ1) is 18.9. The summed E-state index contributed by atoms with van der Waals surface area (Å²) >= 11 is 0. The molecule has 1 fully saturated rings. The molecule has 1 saturated carbocycles. The summed E-state index contributed by atoms with van der Waals surface area (Å²) < 4.78 is 49.6. The highest BCUT2D eigenvalue weighted by Gasteiger charge is 2.24. The number of carbonyl (C=O) groups excluding carboxylic acids is 1. The molecule has 9 heteroatoms. The maximum Gasteiger partial charge on any atom is 0.242 e. The Balaban J connectivity index is 2.02. The second-order valence-corrected chi connectivity index (χ2v) is 10.5. The number of nitrogens with one attached hydrogen (secondary N) is 1. The summed E-state index contributed by atoms with van der Waals surface area (Å²) in [5, 5.41) is 2.74. The Morgan fingerprint density at radius 3 is 2.46 bits per heavy atom. The summed E-state index contributed by atoms with van der Waals surface area (Å²) in [4.78, 5) is 11.6. The Morgan fingerprint density at radius 2 is 1.88 bits per heavy atom. The fourth-order valence-electron chi connectivity index (χ4n) is 2.11. The maximum atomic E-state index is 12.2. The van der Waals surface area contributed by atoms with Gasteiger partial charge >= 0.3 is 0 Å². The Bertz CT molecular complexity index is 812. The zero-order valence-electron chi connectivity index (χ0n) is 13.7. The molecular weight excluding hydrogens is 352 g/mol. The predicted molar refractivity (Wildman–Crippen MR) is 90.6 cm³/mol. The standard InChI is InChI=1S/C15H22N2O5S2/c1-17(2)24(21,22)14-5-3-4-12(10-14)11-23(19,20)9-8-15(18)16-13-6-7-13/h3-5,10,13H,6-9,11H2,1-2H3,(H,16,18). The lowest BCUT2D eigenvalue weighted by molar-refractivity contribution is -0.120. The highest BCUT2D eigenvalue weighted by atomic mass is 32.2. The highest BCUT2D eigenvalue weighted by molar-refractivity contribution is 7.90. The third-order valence-electron chi connectivity index (χ3n) is 3.65. The molecule has 1 aliphatic carbocycles. The normalized spacial score (nSPS) is 15.5. The number of hydrogen-bond acceptors (Lipinski definition) is 5. The van der Waals surface area contributed by atoms with Gasteiger partial charge in [-0.25, -0.2) is 21.1 Å². The van der Waals surface area contributed by atoms with Crippen molar-refractivity contribution in [3.63, 3.8) is 0 Å². The molecule has 2 rings (SSSR count). The van der Waals surface area contributed by atoms with Gasteiger partial charge in [-0.2, -0.15) is 0 Å². The zero-order valence-corrected chi connectivity index (χ0v) is 15.4. The van der Waals surface area contributed by atoms with E-state index in [0.717, 1.165) is 17.1 Å². The van der Waals surface area contributed by atoms with E-state index in [1.54, 1.807) is 6.07 Å². The van der Waals surface area contributed by atoms with Gasteiger partial charge in [-0.3, -0.25) is 4.79 Å². The van der Waals surface area contributed by atoms with Gasteiger partial charge in [0.05, 0.1) is 16.4 Å². The van der Waals surface area contributed by atoms with Gasteiger partial charge in [-0.1, -0.05) is 12.1 Å². The lowest BCUT2D eigenvalue weighted by Gasteiger charge is -2.12. The number of rotatable bonds is 8. The SMILES string of the molecule is CN(C)S(=O)(=O)c1cccc(CS(=O)(=O)CCC(=O)NC2CC2)c1. The van der Waals surface area contributed by atoms with Gasteiger partial charge in [0.25, 0.3) is 0 Å². The molecule has 1 amide bonds. The molecule has 0 bridgehead atoms. The molecule has 0 aliphatic heterocycles. The van der Waals surface area contributed by atoms with Crippen LogP contribution in [-0.4, -0.2) is 52.9 Å². The predicted octanol–water partition coefficient (Wildman–Crippen LogP) is 0.520. The first-order valence-corrected chi connectivity index (χ1v) is 10.9. The maximum absolute atomic E-state index is 12.2. The molecule has 0 saturated heterocycles. The van der Waals surface area contributed by atoms with Crippen LogP contribution < -0.4 is 5.32 Å². The van der Waals surface area contributed by atoms with Crippen LogP contribution in [0.15, 0.2) is 29.2 Å². The molecule has 0 heterocycles. The summed E-state index contributed by atoms with van der Waals surface area (Å²) in [6, 6.07) is 6.07. The van der Waals surface area contributed by atoms with E-state index in [2.05, 4.69) is 5.32 Å². The van der Waals surface area contributed by atoms with Crippen LogP contribution in [0, 0.1) is 0 Å². The molecule has 1 aromatic carbocycles. The van der Waals surface area contributed by atoms with Crippen LogP contribution >= 0.6 is 0 Å². The van der Waals surface area contributed by atoms with Crippen molar-refractivity contribution in [1.82, 2.24) is 9.62 Å². The molecule has 1 aromatic rings. The minimum atomic E-state index is -3.61. The van der Waals surface area contributed by atoms with Crippen LogP contribution in [0.25, 0.3) is 0 Å². The molecular formula is C15H22N2O5S2. The number of benzene rings is 1. The topological polar surface area (TPSA) is 101 Å². The smallest absolute Gasteiger partial charge is 0.242 e. The number of sulfonamides is 1. The first-order chi connectivity index (χ1) is 11.1. The van der Waals surface area contributed by atoms with E-state index < -0.39 is 19.9 Å². The van der Waals surface area contributed by atoms with E-state index >= 15 is 0 Å². The van der Waals surface area contributed by atoms with Crippen LogP contribution in [0.1, 0.15) is 24.8 Å². The molecule has 24 heavy (non-hydrogen) atoms. The molecule has 0 radical (unpaired) electrons. The van der Waals surface area contributed by atoms with E-state index in [9.17, 15) is 21.6 Å². The largest absolute Gasteiger partial charge is 0.353 e. The quantitative estimate of drug-likeness (QED) is 0.715. The van der Waals surface area contributed by atoms with Crippen molar-refractivity contribution in [3.8, 4) is 0 Å². The second-order valence-electron chi connectivity index (χ2n) is 6.12.